The number of sulfonamides is 1. The van der Waals surface area contributed by atoms with E-state index < -0.39 is 10.0 Å². The molecule has 1 aromatic rings. The summed E-state index contributed by atoms with van der Waals surface area (Å²) in [6.07, 6.45) is 6.30. The molecule has 0 saturated heterocycles. The Morgan fingerprint density at radius 2 is 1.95 bits per heavy atom. The van der Waals surface area contributed by atoms with Crippen molar-refractivity contribution in [3.05, 3.63) is 22.4 Å². The van der Waals surface area contributed by atoms with Gasteiger partial charge in [0.15, 0.2) is 0 Å². The summed E-state index contributed by atoms with van der Waals surface area (Å²) in [6.45, 7) is 2.18. The number of rotatable bonds is 4. The summed E-state index contributed by atoms with van der Waals surface area (Å²) in [4.78, 5) is 3.84. The number of halogens is 2. The molecule has 0 atom stereocenters. The quantitative estimate of drug-likeness (QED) is 0.854. The van der Waals surface area contributed by atoms with Crippen LogP contribution in [0.3, 0.4) is 0 Å². The maximum absolute atomic E-state index is 12.3. The van der Waals surface area contributed by atoms with E-state index in [1.165, 1.54) is 12.3 Å². The number of pyridine rings is 1. The van der Waals surface area contributed by atoms with Gasteiger partial charge in [-0.05, 0) is 37.7 Å². The summed E-state index contributed by atoms with van der Waals surface area (Å²) >= 11 is 11.5. The molecule has 0 aliphatic heterocycles. The first-order valence-electron chi connectivity index (χ1n) is 6.75. The predicted molar refractivity (Wildman–Crippen MR) is 80.6 cm³/mol. The Balaban J connectivity index is 2.06. The van der Waals surface area contributed by atoms with Gasteiger partial charge >= 0.3 is 0 Å². The second kappa shape index (κ2) is 6.60. The van der Waals surface area contributed by atoms with Gasteiger partial charge in [0.2, 0.25) is 10.0 Å². The van der Waals surface area contributed by atoms with Crippen molar-refractivity contribution in [3.8, 4) is 0 Å². The van der Waals surface area contributed by atoms with Gasteiger partial charge in [0.05, 0.1) is 5.02 Å². The first-order chi connectivity index (χ1) is 9.42. The smallest absolute Gasteiger partial charge is 0.242 e. The summed E-state index contributed by atoms with van der Waals surface area (Å²) < 4.78 is 27.3. The van der Waals surface area contributed by atoms with Crippen LogP contribution in [-0.2, 0) is 10.0 Å². The molecule has 4 nitrogen and oxygen atoms in total. The van der Waals surface area contributed by atoms with Crippen LogP contribution in [0.2, 0.25) is 10.2 Å². The minimum atomic E-state index is -3.58. The number of nitrogens with one attached hydrogen (secondary N) is 1. The molecule has 7 heteroatoms. The van der Waals surface area contributed by atoms with Gasteiger partial charge in [-0.1, -0.05) is 36.5 Å². The second-order valence-electron chi connectivity index (χ2n) is 5.19. The van der Waals surface area contributed by atoms with E-state index in [1.54, 1.807) is 0 Å². The highest BCUT2D eigenvalue weighted by Gasteiger charge is 2.25. The normalized spacial score (nSPS) is 23.8. The van der Waals surface area contributed by atoms with Crippen molar-refractivity contribution in [3.63, 3.8) is 0 Å². The van der Waals surface area contributed by atoms with Crippen LogP contribution in [0, 0.1) is 5.92 Å². The van der Waals surface area contributed by atoms with Crippen molar-refractivity contribution < 1.29 is 8.42 Å². The molecule has 0 unspecified atom stereocenters. The summed E-state index contributed by atoms with van der Waals surface area (Å²) in [5.74, 6) is 0.724. The van der Waals surface area contributed by atoms with Crippen molar-refractivity contribution in [2.45, 2.75) is 50.0 Å². The summed E-state index contributed by atoms with van der Waals surface area (Å²) in [5, 5.41) is 0.248. The summed E-state index contributed by atoms with van der Waals surface area (Å²) in [7, 11) is -3.58. The van der Waals surface area contributed by atoms with Gasteiger partial charge in [-0.3, -0.25) is 0 Å². The molecule has 20 heavy (non-hydrogen) atoms. The monoisotopic (exact) mass is 336 g/mol. The Labute approximate surface area is 129 Å². The lowest BCUT2D eigenvalue weighted by Gasteiger charge is -2.28. The van der Waals surface area contributed by atoms with E-state index in [0.717, 1.165) is 38.0 Å². The lowest BCUT2D eigenvalue weighted by Crippen LogP contribution is -2.37. The fraction of sp³-hybridized carbons (Fsp3) is 0.615. The maximum atomic E-state index is 12.3. The molecule has 112 valence electrons. The van der Waals surface area contributed by atoms with E-state index in [9.17, 15) is 8.42 Å². The highest BCUT2D eigenvalue weighted by Crippen LogP contribution is 2.28. The van der Waals surface area contributed by atoms with Gasteiger partial charge < -0.3 is 0 Å². The van der Waals surface area contributed by atoms with Gasteiger partial charge in [0, 0.05) is 12.2 Å². The molecule has 1 fully saturated rings. The molecule has 1 aromatic heterocycles. The van der Waals surface area contributed by atoms with Crippen LogP contribution in [0.5, 0.6) is 0 Å². The van der Waals surface area contributed by atoms with Gasteiger partial charge in [-0.2, -0.15) is 0 Å². The minimum absolute atomic E-state index is 0.00254. The largest absolute Gasteiger partial charge is 0.242 e. The SMILES string of the molecule is CCC1CCC(NS(=O)(=O)c2cnc(Cl)c(Cl)c2)CC1. The van der Waals surface area contributed by atoms with Crippen molar-refractivity contribution in [2.75, 3.05) is 0 Å². The fourth-order valence-corrected chi connectivity index (χ4v) is 4.14. The standard InChI is InChI=1S/C13H18Cl2N2O2S/c1-2-9-3-5-10(6-4-9)17-20(18,19)11-7-12(14)13(15)16-8-11/h7-10,17H,2-6H2,1H3. The van der Waals surface area contributed by atoms with E-state index >= 15 is 0 Å². The lowest BCUT2D eigenvalue weighted by atomic mass is 9.85. The van der Waals surface area contributed by atoms with E-state index in [2.05, 4.69) is 16.6 Å². The van der Waals surface area contributed by atoms with Crippen molar-refractivity contribution in [2.24, 2.45) is 5.92 Å². The third-order valence-corrected chi connectivity index (χ3v) is 6.00. The average Bonchev–Trinajstić information content (AvgIpc) is 2.42. The molecule has 0 bridgehead atoms. The van der Waals surface area contributed by atoms with E-state index in [0.29, 0.717) is 0 Å². The van der Waals surface area contributed by atoms with Crippen molar-refractivity contribution in [1.82, 2.24) is 9.71 Å². The maximum Gasteiger partial charge on any atom is 0.242 e. The Hall–Kier alpha value is -0.360. The minimum Gasteiger partial charge on any atom is -0.242 e. The molecule has 0 radical (unpaired) electrons. The fourth-order valence-electron chi connectivity index (χ4n) is 2.53. The number of nitrogens with zero attached hydrogens (tertiary/aromatic N) is 1. The Kier molecular flexibility index (Phi) is 5.29. The predicted octanol–water partition coefficient (Wildman–Crippen LogP) is 3.64. The molecular weight excluding hydrogens is 319 g/mol. The Morgan fingerprint density at radius 1 is 1.30 bits per heavy atom. The van der Waals surface area contributed by atoms with Gasteiger partial charge in [-0.15, -0.1) is 0 Å². The van der Waals surface area contributed by atoms with Crippen LogP contribution in [0.4, 0.5) is 0 Å². The molecule has 1 saturated carbocycles. The van der Waals surface area contributed by atoms with Gasteiger partial charge in [0.25, 0.3) is 0 Å². The summed E-state index contributed by atoms with van der Waals surface area (Å²) in [6, 6.07) is 1.33. The van der Waals surface area contributed by atoms with E-state index in [4.69, 9.17) is 23.2 Å². The van der Waals surface area contributed by atoms with Crippen LogP contribution >= 0.6 is 23.2 Å². The zero-order chi connectivity index (χ0) is 14.8. The lowest BCUT2D eigenvalue weighted by molar-refractivity contribution is 0.306. The molecule has 1 heterocycles. The molecular formula is C13H18Cl2N2O2S. The first-order valence-corrected chi connectivity index (χ1v) is 8.99. The molecule has 1 N–H and O–H groups in total. The molecule has 0 spiro atoms. The Bertz CT molecular complexity index is 570. The highest BCUT2D eigenvalue weighted by atomic mass is 35.5. The van der Waals surface area contributed by atoms with Crippen LogP contribution in [0.15, 0.2) is 17.2 Å². The van der Waals surface area contributed by atoms with Gasteiger partial charge in [-0.25, -0.2) is 18.1 Å². The molecule has 1 aliphatic carbocycles. The zero-order valence-electron chi connectivity index (χ0n) is 11.3. The molecule has 1 aliphatic rings. The topological polar surface area (TPSA) is 59.1 Å². The third-order valence-electron chi connectivity index (χ3n) is 3.83. The van der Waals surface area contributed by atoms with Crippen LogP contribution in [0.25, 0.3) is 0 Å². The van der Waals surface area contributed by atoms with E-state index in [-0.39, 0.29) is 21.1 Å². The van der Waals surface area contributed by atoms with Crippen molar-refractivity contribution in [1.29, 1.82) is 0 Å². The van der Waals surface area contributed by atoms with Crippen molar-refractivity contribution >= 4 is 33.2 Å². The van der Waals surface area contributed by atoms with Crippen LogP contribution < -0.4 is 4.72 Å². The first kappa shape index (κ1) is 16.0. The number of hydrogen-bond acceptors (Lipinski definition) is 3. The average molecular weight is 337 g/mol. The number of aromatic nitrogens is 1. The second-order valence-corrected chi connectivity index (χ2v) is 7.67. The third kappa shape index (κ3) is 3.85. The highest BCUT2D eigenvalue weighted by molar-refractivity contribution is 7.89. The molecule has 0 amide bonds. The summed E-state index contributed by atoms with van der Waals surface area (Å²) in [5.41, 5.74) is 0. The zero-order valence-corrected chi connectivity index (χ0v) is 13.6. The Morgan fingerprint density at radius 3 is 2.50 bits per heavy atom. The van der Waals surface area contributed by atoms with Crippen LogP contribution in [0.1, 0.15) is 39.0 Å². The van der Waals surface area contributed by atoms with E-state index in [1.807, 2.05) is 0 Å². The number of hydrogen-bond donors (Lipinski definition) is 1. The molecule has 2 rings (SSSR count). The molecule has 0 aromatic carbocycles. The van der Waals surface area contributed by atoms with Crippen LogP contribution in [-0.4, -0.2) is 19.4 Å². The van der Waals surface area contributed by atoms with Gasteiger partial charge in [0.1, 0.15) is 10.0 Å².